The number of rotatable bonds is 5. The first-order valence-electron chi connectivity index (χ1n) is 6.27. The number of carbonyl (C=O) groups is 1. The topological polar surface area (TPSA) is 51.5 Å². The molecule has 0 bridgehead atoms. The first-order chi connectivity index (χ1) is 8.70. The monoisotopic (exact) mass is 271 g/mol. The predicted molar refractivity (Wildman–Crippen MR) is 68.7 cm³/mol. The van der Waals surface area contributed by atoms with Gasteiger partial charge in [0.1, 0.15) is 11.7 Å². The number of halogens is 1. The lowest BCUT2D eigenvalue weighted by Gasteiger charge is -2.17. The maximum atomic E-state index is 11.8. The Morgan fingerprint density at radius 3 is 2.83 bits per heavy atom. The Morgan fingerprint density at radius 1 is 1.56 bits per heavy atom. The van der Waals surface area contributed by atoms with Crippen LogP contribution in [0.2, 0.25) is 5.22 Å². The zero-order valence-corrected chi connectivity index (χ0v) is 11.2. The molecule has 1 aliphatic rings. The van der Waals surface area contributed by atoms with E-state index in [1.807, 2.05) is 0 Å². The number of carbonyl (C=O) groups excluding carboxylic acids is 1. The van der Waals surface area contributed by atoms with Gasteiger partial charge in [-0.15, -0.1) is 0 Å². The lowest BCUT2D eigenvalue weighted by molar-refractivity contribution is -0.142. The number of hydrogen-bond donors (Lipinski definition) is 1. The molecule has 1 aliphatic carbocycles. The van der Waals surface area contributed by atoms with Crippen molar-refractivity contribution in [1.82, 2.24) is 5.32 Å². The van der Waals surface area contributed by atoms with E-state index in [0.29, 0.717) is 23.6 Å². The fourth-order valence-electron chi connectivity index (χ4n) is 2.37. The van der Waals surface area contributed by atoms with Crippen LogP contribution in [0.25, 0.3) is 0 Å². The smallest absolute Gasteiger partial charge is 0.317 e. The van der Waals surface area contributed by atoms with Crippen LogP contribution in [0.15, 0.2) is 16.5 Å². The second-order valence-electron chi connectivity index (χ2n) is 4.61. The highest BCUT2D eigenvalue weighted by Gasteiger charge is 2.26. The van der Waals surface area contributed by atoms with Crippen LogP contribution in [0.3, 0.4) is 0 Å². The summed E-state index contributed by atoms with van der Waals surface area (Å²) < 4.78 is 10.1. The standard InChI is InChI=1S/C13H18ClNO3/c1-17-13(16)10(11-6-7-12(14)18-11)8-15-9-4-2-3-5-9/h6-7,9-10,15H,2-5,8H2,1H3. The molecule has 5 heteroatoms. The summed E-state index contributed by atoms with van der Waals surface area (Å²) in [7, 11) is 1.38. The molecule has 0 saturated heterocycles. The lowest BCUT2D eigenvalue weighted by atomic mass is 10.1. The Hall–Kier alpha value is -1.00. The minimum Gasteiger partial charge on any atom is -0.468 e. The maximum absolute atomic E-state index is 11.8. The molecule has 1 fully saturated rings. The molecule has 1 unspecified atom stereocenters. The number of hydrogen-bond acceptors (Lipinski definition) is 4. The van der Waals surface area contributed by atoms with Crippen molar-refractivity contribution in [3.05, 3.63) is 23.1 Å². The van der Waals surface area contributed by atoms with Gasteiger partial charge in [-0.1, -0.05) is 12.8 Å². The molecule has 2 rings (SSSR count). The van der Waals surface area contributed by atoms with Gasteiger partial charge in [0.05, 0.1) is 7.11 Å². The number of nitrogens with one attached hydrogen (secondary N) is 1. The van der Waals surface area contributed by atoms with E-state index in [1.165, 1.54) is 32.8 Å². The third kappa shape index (κ3) is 3.27. The third-order valence-corrected chi connectivity index (χ3v) is 3.59. The van der Waals surface area contributed by atoms with Crippen LogP contribution in [0.1, 0.15) is 37.4 Å². The van der Waals surface area contributed by atoms with Gasteiger partial charge in [-0.25, -0.2) is 0 Å². The molecule has 1 saturated carbocycles. The second kappa shape index (κ2) is 6.25. The Kier molecular flexibility index (Phi) is 4.66. The highest BCUT2D eigenvalue weighted by molar-refractivity contribution is 6.28. The fraction of sp³-hybridized carbons (Fsp3) is 0.615. The van der Waals surface area contributed by atoms with Crippen LogP contribution in [0.5, 0.6) is 0 Å². The molecule has 1 aromatic heterocycles. The molecule has 0 spiro atoms. The summed E-state index contributed by atoms with van der Waals surface area (Å²) in [5, 5.41) is 3.69. The summed E-state index contributed by atoms with van der Waals surface area (Å²) in [6, 6.07) is 3.87. The average Bonchev–Trinajstić information content (AvgIpc) is 3.01. The molecule has 100 valence electrons. The van der Waals surface area contributed by atoms with Crippen molar-refractivity contribution in [2.75, 3.05) is 13.7 Å². The molecular weight excluding hydrogens is 254 g/mol. The van der Waals surface area contributed by atoms with Gasteiger partial charge in [0.15, 0.2) is 5.22 Å². The Morgan fingerprint density at radius 2 is 2.28 bits per heavy atom. The van der Waals surface area contributed by atoms with E-state index in [4.69, 9.17) is 20.8 Å². The van der Waals surface area contributed by atoms with E-state index in [9.17, 15) is 4.79 Å². The van der Waals surface area contributed by atoms with E-state index in [0.717, 1.165) is 0 Å². The molecule has 0 aliphatic heterocycles. The van der Waals surface area contributed by atoms with Gasteiger partial charge in [-0.05, 0) is 36.6 Å². The molecule has 1 heterocycles. The minimum absolute atomic E-state index is 0.291. The van der Waals surface area contributed by atoms with Crippen molar-refractivity contribution in [3.8, 4) is 0 Å². The number of furan rings is 1. The van der Waals surface area contributed by atoms with Gasteiger partial charge in [-0.2, -0.15) is 0 Å². The Labute approximate surface area is 112 Å². The molecule has 0 aromatic carbocycles. The zero-order chi connectivity index (χ0) is 13.0. The molecule has 1 N–H and O–H groups in total. The van der Waals surface area contributed by atoms with Gasteiger partial charge >= 0.3 is 5.97 Å². The first kappa shape index (κ1) is 13.4. The Balaban J connectivity index is 1.98. The summed E-state index contributed by atoms with van der Waals surface area (Å²) in [5.74, 6) is -0.174. The summed E-state index contributed by atoms with van der Waals surface area (Å²) in [4.78, 5) is 11.8. The van der Waals surface area contributed by atoms with E-state index < -0.39 is 5.92 Å². The minimum atomic E-state index is -0.428. The summed E-state index contributed by atoms with van der Waals surface area (Å²) in [6.07, 6.45) is 4.86. The van der Waals surface area contributed by atoms with Gasteiger partial charge in [0.2, 0.25) is 0 Å². The average molecular weight is 272 g/mol. The van der Waals surface area contributed by atoms with Crippen molar-refractivity contribution in [2.45, 2.75) is 37.6 Å². The Bertz CT molecular complexity index is 399. The second-order valence-corrected chi connectivity index (χ2v) is 4.98. The van der Waals surface area contributed by atoms with Crippen LogP contribution in [0.4, 0.5) is 0 Å². The number of ether oxygens (including phenoxy) is 1. The van der Waals surface area contributed by atoms with Crippen molar-refractivity contribution in [1.29, 1.82) is 0 Å². The van der Waals surface area contributed by atoms with Gasteiger partial charge in [-0.3, -0.25) is 4.79 Å². The highest BCUT2D eigenvalue weighted by Crippen LogP contribution is 2.24. The van der Waals surface area contributed by atoms with Crippen LogP contribution in [-0.4, -0.2) is 25.7 Å². The first-order valence-corrected chi connectivity index (χ1v) is 6.65. The van der Waals surface area contributed by atoms with Gasteiger partial charge in [0, 0.05) is 12.6 Å². The molecule has 0 amide bonds. The van der Waals surface area contributed by atoms with Crippen LogP contribution < -0.4 is 5.32 Å². The summed E-state index contributed by atoms with van der Waals surface area (Å²) >= 11 is 5.74. The van der Waals surface area contributed by atoms with Crippen molar-refractivity contribution in [3.63, 3.8) is 0 Å². The van der Waals surface area contributed by atoms with Gasteiger partial charge < -0.3 is 14.5 Å². The molecule has 0 radical (unpaired) electrons. The predicted octanol–water partition coefficient (Wildman–Crippen LogP) is 2.72. The van der Waals surface area contributed by atoms with E-state index in [2.05, 4.69) is 5.32 Å². The zero-order valence-electron chi connectivity index (χ0n) is 10.4. The quantitative estimate of drug-likeness (QED) is 0.837. The summed E-state index contributed by atoms with van der Waals surface area (Å²) in [6.45, 7) is 0.529. The van der Waals surface area contributed by atoms with Crippen LogP contribution in [-0.2, 0) is 9.53 Å². The van der Waals surface area contributed by atoms with E-state index >= 15 is 0 Å². The van der Waals surface area contributed by atoms with Gasteiger partial charge in [0.25, 0.3) is 0 Å². The molecule has 1 atom stereocenters. The van der Waals surface area contributed by atoms with Crippen molar-refractivity contribution < 1.29 is 13.9 Å². The normalized spacial score (nSPS) is 17.9. The van der Waals surface area contributed by atoms with Crippen molar-refractivity contribution in [2.24, 2.45) is 0 Å². The highest BCUT2D eigenvalue weighted by atomic mass is 35.5. The molecular formula is C13H18ClNO3. The number of esters is 1. The van der Waals surface area contributed by atoms with E-state index in [1.54, 1.807) is 12.1 Å². The third-order valence-electron chi connectivity index (χ3n) is 3.39. The van der Waals surface area contributed by atoms with Crippen molar-refractivity contribution >= 4 is 17.6 Å². The van der Waals surface area contributed by atoms with Crippen LogP contribution in [0, 0.1) is 0 Å². The molecule has 18 heavy (non-hydrogen) atoms. The number of methoxy groups -OCH3 is 1. The van der Waals surface area contributed by atoms with E-state index in [-0.39, 0.29) is 5.97 Å². The maximum Gasteiger partial charge on any atom is 0.317 e. The summed E-state index contributed by atoms with van der Waals surface area (Å²) in [5.41, 5.74) is 0. The molecule has 4 nitrogen and oxygen atoms in total. The lowest BCUT2D eigenvalue weighted by Crippen LogP contribution is -2.33. The van der Waals surface area contributed by atoms with Crippen LogP contribution >= 0.6 is 11.6 Å². The molecule has 1 aromatic rings. The largest absolute Gasteiger partial charge is 0.468 e. The fourth-order valence-corrected chi connectivity index (χ4v) is 2.52. The SMILES string of the molecule is COC(=O)C(CNC1CCCC1)c1ccc(Cl)o1.